The number of anilines is 1. The van der Waals surface area contributed by atoms with Crippen LogP contribution in [0.4, 0.5) is 10.2 Å². The molecule has 128 valence electrons. The smallest absolute Gasteiger partial charge is 0.274 e. The quantitative estimate of drug-likeness (QED) is 0.797. The zero-order chi connectivity index (χ0) is 17.7. The molecule has 1 aromatic carbocycles. The molecule has 2 aromatic heterocycles. The van der Waals surface area contributed by atoms with Gasteiger partial charge in [-0.1, -0.05) is 12.1 Å². The van der Waals surface area contributed by atoms with E-state index in [9.17, 15) is 9.18 Å². The van der Waals surface area contributed by atoms with Crippen molar-refractivity contribution in [1.29, 1.82) is 0 Å². The molecular weight excluding hydrogens is 319 g/mol. The Morgan fingerprint density at radius 3 is 2.80 bits per heavy atom. The standard InChI is InChI=1S/C19H19FN4O/c1-11-14(4-3-5-15(11)20)12-6-9-16-22-18(21)17(24(16)10-12)19(25)23(2)13-7-8-13/h3-6,9-10,13H,7-8,21H2,1-2H3. The molecule has 0 bridgehead atoms. The first-order chi connectivity index (χ1) is 12.0. The summed E-state index contributed by atoms with van der Waals surface area (Å²) in [5.41, 5.74) is 9.14. The van der Waals surface area contributed by atoms with E-state index in [1.807, 2.05) is 12.1 Å². The molecule has 0 atom stereocenters. The number of nitrogen functional groups attached to an aromatic ring is 1. The van der Waals surface area contributed by atoms with Crippen LogP contribution >= 0.6 is 0 Å². The van der Waals surface area contributed by atoms with Crippen molar-refractivity contribution in [3.05, 3.63) is 53.6 Å². The van der Waals surface area contributed by atoms with Gasteiger partial charge < -0.3 is 10.6 Å². The van der Waals surface area contributed by atoms with Crippen molar-refractivity contribution < 1.29 is 9.18 Å². The topological polar surface area (TPSA) is 63.6 Å². The van der Waals surface area contributed by atoms with Crippen LogP contribution < -0.4 is 5.73 Å². The molecule has 0 radical (unpaired) electrons. The fourth-order valence-electron chi connectivity index (χ4n) is 3.15. The number of carbonyl (C=O) groups excluding carboxylic acids is 1. The second-order valence-corrected chi connectivity index (χ2v) is 6.55. The van der Waals surface area contributed by atoms with E-state index in [4.69, 9.17) is 5.73 Å². The lowest BCUT2D eigenvalue weighted by atomic mass is 10.0. The van der Waals surface area contributed by atoms with Crippen LogP contribution in [0.15, 0.2) is 36.5 Å². The number of benzene rings is 1. The minimum absolute atomic E-state index is 0.138. The molecule has 6 heteroatoms. The van der Waals surface area contributed by atoms with Crippen molar-refractivity contribution in [2.45, 2.75) is 25.8 Å². The van der Waals surface area contributed by atoms with Gasteiger partial charge in [0.1, 0.15) is 11.5 Å². The average molecular weight is 338 g/mol. The Labute approximate surface area is 144 Å². The Morgan fingerprint density at radius 2 is 2.08 bits per heavy atom. The van der Waals surface area contributed by atoms with Crippen LogP contribution in [0.2, 0.25) is 0 Å². The zero-order valence-electron chi connectivity index (χ0n) is 14.2. The molecule has 1 aliphatic carbocycles. The van der Waals surface area contributed by atoms with Crippen LogP contribution in [0.3, 0.4) is 0 Å². The van der Waals surface area contributed by atoms with E-state index in [1.54, 1.807) is 41.6 Å². The lowest BCUT2D eigenvalue weighted by Crippen LogP contribution is -2.30. The highest BCUT2D eigenvalue weighted by atomic mass is 19.1. The van der Waals surface area contributed by atoms with Gasteiger partial charge in [-0.25, -0.2) is 9.37 Å². The SMILES string of the molecule is Cc1c(F)cccc1-c1ccc2nc(N)c(C(=O)N(C)C3CC3)n2c1. The van der Waals surface area contributed by atoms with Gasteiger partial charge in [0.15, 0.2) is 11.5 Å². The lowest BCUT2D eigenvalue weighted by Gasteiger charge is -2.16. The van der Waals surface area contributed by atoms with Crippen LogP contribution in [-0.2, 0) is 0 Å². The van der Waals surface area contributed by atoms with Gasteiger partial charge in [-0.15, -0.1) is 0 Å². The summed E-state index contributed by atoms with van der Waals surface area (Å²) in [5, 5.41) is 0. The van der Waals surface area contributed by atoms with Gasteiger partial charge >= 0.3 is 0 Å². The van der Waals surface area contributed by atoms with Crippen LogP contribution in [0.1, 0.15) is 28.9 Å². The number of carbonyl (C=O) groups is 1. The number of nitrogens with two attached hydrogens (primary N) is 1. The summed E-state index contributed by atoms with van der Waals surface area (Å²) in [6, 6.07) is 8.92. The van der Waals surface area contributed by atoms with Crippen molar-refractivity contribution in [3.8, 4) is 11.1 Å². The Bertz CT molecular complexity index is 990. The number of aromatic nitrogens is 2. The first kappa shape index (κ1) is 15.6. The van der Waals surface area contributed by atoms with Crippen LogP contribution in [-0.4, -0.2) is 33.3 Å². The molecule has 2 heterocycles. The number of halogens is 1. The van der Waals surface area contributed by atoms with Crippen LogP contribution in [0.25, 0.3) is 16.8 Å². The Hall–Kier alpha value is -2.89. The summed E-state index contributed by atoms with van der Waals surface area (Å²) in [5.74, 6) is -0.182. The molecule has 1 saturated carbocycles. The van der Waals surface area contributed by atoms with Gasteiger partial charge in [-0.2, -0.15) is 0 Å². The minimum atomic E-state index is -0.257. The normalized spacial score (nSPS) is 14.0. The number of rotatable bonds is 3. The molecule has 1 fully saturated rings. The van der Waals surface area contributed by atoms with Crippen molar-refractivity contribution in [2.24, 2.45) is 0 Å². The molecule has 5 nitrogen and oxygen atoms in total. The number of imidazole rings is 1. The third kappa shape index (κ3) is 2.54. The number of hydrogen-bond donors (Lipinski definition) is 1. The molecule has 1 amide bonds. The summed E-state index contributed by atoms with van der Waals surface area (Å²) in [7, 11) is 1.79. The fraction of sp³-hybridized carbons (Fsp3) is 0.263. The lowest BCUT2D eigenvalue weighted by molar-refractivity contribution is 0.0779. The second kappa shape index (κ2) is 5.58. The Morgan fingerprint density at radius 1 is 1.32 bits per heavy atom. The molecule has 0 saturated heterocycles. The van der Waals surface area contributed by atoms with Gasteiger partial charge in [-0.3, -0.25) is 9.20 Å². The van der Waals surface area contributed by atoms with Gasteiger partial charge in [0.05, 0.1) is 0 Å². The average Bonchev–Trinajstić information content (AvgIpc) is 3.38. The van der Waals surface area contributed by atoms with Crippen molar-refractivity contribution >= 4 is 17.4 Å². The highest BCUT2D eigenvalue weighted by molar-refractivity contribution is 5.98. The van der Waals surface area contributed by atoms with E-state index in [0.29, 0.717) is 16.9 Å². The Kier molecular flexibility index (Phi) is 3.49. The van der Waals surface area contributed by atoms with E-state index in [2.05, 4.69) is 4.98 Å². The van der Waals surface area contributed by atoms with E-state index < -0.39 is 0 Å². The molecule has 3 aromatic rings. The van der Waals surface area contributed by atoms with Crippen molar-refractivity contribution in [2.75, 3.05) is 12.8 Å². The van der Waals surface area contributed by atoms with Gasteiger partial charge in [-0.05, 0) is 54.7 Å². The number of hydrogen-bond acceptors (Lipinski definition) is 3. The molecule has 0 spiro atoms. The first-order valence-electron chi connectivity index (χ1n) is 8.27. The second-order valence-electron chi connectivity index (χ2n) is 6.55. The maximum atomic E-state index is 13.9. The highest BCUT2D eigenvalue weighted by Gasteiger charge is 2.32. The zero-order valence-corrected chi connectivity index (χ0v) is 14.2. The molecular formula is C19H19FN4O. The van der Waals surface area contributed by atoms with Gasteiger partial charge in [0.25, 0.3) is 5.91 Å². The fourth-order valence-corrected chi connectivity index (χ4v) is 3.15. The molecule has 2 N–H and O–H groups in total. The summed E-state index contributed by atoms with van der Waals surface area (Å²) in [6.07, 6.45) is 3.84. The predicted molar refractivity (Wildman–Crippen MR) is 94.9 cm³/mol. The molecule has 25 heavy (non-hydrogen) atoms. The third-order valence-corrected chi connectivity index (χ3v) is 4.84. The molecule has 0 unspecified atom stereocenters. The largest absolute Gasteiger partial charge is 0.382 e. The maximum absolute atomic E-state index is 13.9. The van der Waals surface area contributed by atoms with Crippen LogP contribution in [0, 0.1) is 12.7 Å². The highest BCUT2D eigenvalue weighted by Crippen LogP contribution is 2.30. The number of fused-ring (bicyclic) bond motifs is 1. The molecule has 4 rings (SSSR count). The predicted octanol–water partition coefficient (Wildman–Crippen LogP) is 3.27. The van der Waals surface area contributed by atoms with Crippen molar-refractivity contribution in [3.63, 3.8) is 0 Å². The third-order valence-electron chi connectivity index (χ3n) is 4.84. The van der Waals surface area contributed by atoms with Crippen LogP contribution in [0.5, 0.6) is 0 Å². The summed E-state index contributed by atoms with van der Waals surface area (Å²) in [4.78, 5) is 18.8. The summed E-state index contributed by atoms with van der Waals surface area (Å²) in [6.45, 7) is 1.74. The van der Waals surface area contributed by atoms with Gasteiger partial charge in [0.2, 0.25) is 0 Å². The van der Waals surface area contributed by atoms with E-state index in [-0.39, 0.29) is 23.6 Å². The number of pyridine rings is 1. The monoisotopic (exact) mass is 338 g/mol. The Balaban J connectivity index is 1.86. The number of nitrogens with zero attached hydrogens (tertiary/aromatic N) is 3. The number of amides is 1. The molecule has 1 aliphatic rings. The minimum Gasteiger partial charge on any atom is -0.382 e. The maximum Gasteiger partial charge on any atom is 0.274 e. The van der Waals surface area contributed by atoms with E-state index in [0.717, 1.165) is 24.0 Å². The van der Waals surface area contributed by atoms with Gasteiger partial charge in [0, 0.05) is 19.3 Å². The summed E-state index contributed by atoms with van der Waals surface area (Å²) >= 11 is 0. The van der Waals surface area contributed by atoms with E-state index in [1.165, 1.54) is 6.07 Å². The first-order valence-corrected chi connectivity index (χ1v) is 8.27. The van der Waals surface area contributed by atoms with E-state index >= 15 is 0 Å². The molecule has 0 aliphatic heterocycles. The summed E-state index contributed by atoms with van der Waals surface area (Å²) < 4.78 is 15.6. The van der Waals surface area contributed by atoms with Crippen molar-refractivity contribution in [1.82, 2.24) is 14.3 Å².